The first-order chi connectivity index (χ1) is 13.7. The molecule has 0 bridgehead atoms. The molecule has 1 amide bonds. The highest BCUT2D eigenvalue weighted by Crippen LogP contribution is 2.24. The van der Waals surface area contributed by atoms with Crippen LogP contribution in [-0.4, -0.2) is 33.0 Å². The summed E-state index contributed by atoms with van der Waals surface area (Å²) in [5.74, 6) is -0.324. The second kappa shape index (κ2) is 8.55. The van der Waals surface area contributed by atoms with E-state index in [0.717, 1.165) is 30.6 Å². The number of carbonyl (C=O) groups excluding carboxylic acids is 1. The Hall–Kier alpha value is -2.38. The standard InChI is InChI=1S/C22H29N3O3S/c1-5-25(15(2)3)19-11-9-17(10-12-19)23-22(26)21-14-20(13-6-16(21)4)29(27,28)24-18-7-8-18/h6,9-15,18,24H,5,7-8H2,1-4H3,(H,23,26). The van der Waals surface area contributed by atoms with Gasteiger partial charge in [0.25, 0.3) is 5.91 Å². The maximum absolute atomic E-state index is 12.8. The molecule has 6 nitrogen and oxygen atoms in total. The molecule has 0 unspecified atom stereocenters. The normalized spacial score (nSPS) is 14.1. The fraction of sp³-hybridized carbons (Fsp3) is 0.409. The van der Waals surface area contributed by atoms with Crippen LogP contribution in [0.3, 0.4) is 0 Å². The van der Waals surface area contributed by atoms with Gasteiger partial charge < -0.3 is 10.2 Å². The lowest BCUT2D eigenvalue weighted by molar-refractivity contribution is 0.102. The lowest BCUT2D eigenvalue weighted by Crippen LogP contribution is -2.30. The van der Waals surface area contributed by atoms with E-state index in [4.69, 9.17) is 0 Å². The Balaban J connectivity index is 1.77. The molecule has 1 aliphatic carbocycles. The minimum absolute atomic E-state index is 0.0191. The van der Waals surface area contributed by atoms with E-state index in [1.54, 1.807) is 13.0 Å². The molecule has 3 rings (SSSR count). The van der Waals surface area contributed by atoms with Gasteiger partial charge in [0, 0.05) is 35.6 Å². The second-order valence-corrected chi connectivity index (χ2v) is 9.47. The number of aryl methyl sites for hydroxylation is 1. The van der Waals surface area contributed by atoms with E-state index < -0.39 is 10.0 Å². The molecule has 0 heterocycles. The average molecular weight is 416 g/mol. The van der Waals surface area contributed by atoms with E-state index in [-0.39, 0.29) is 16.8 Å². The molecule has 0 aromatic heterocycles. The van der Waals surface area contributed by atoms with E-state index in [1.807, 2.05) is 24.3 Å². The third-order valence-corrected chi connectivity index (χ3v) is 6.60. The summed E-state index contributed by atoms with van der Waals surface area (Å²) in [7, 11) is -3.60. The Morgan fingerprint density at radius 2 is 1.79 bits per heavy atom. The summed E-state index contributed by atoms with van der Waals surface area (Å²) in [6.07, 6.45) is 1.72. The first-order valence-corrected chi connectivity index (χ1v) is 11.5. The molecule has 1 aliphatic rings. The van der Waals surface area contributed by atoms with Crippen LogP contribution >= 0.6 is 0 Å². The molecule has 0 saturated heterocycles. The fourth-order valence-electron chi connectivity index (χ4n) is 3.28. The number of nitrogens with zero attached hydrogens (tertiary/aromatic N) is 1. The number of benzene rings is 2. The molecule has 2 N–H and O–H groups in total. The van der Waals surface area contributed by atoms with Gasteiger partial charge in [-0.3, -0.25) is 4.79 Å². The molecule has 0 atom stereocenters. The molecule has 1 saturated carbocycles. The highest BCUT2D eigenvalue weighted by Gasteiger charge is 2.28. The van der Waals surface area contributed by atoms with E-state index in [2.05, 4.69) is 35.7 Å². The predicted octanol–water partition coefficient (Wildman–Crippen LogP) is 3.92. The van der Waals surface area contributed by atoms with Crippen LogP contribution in [0.15, 0.2) is 47.4 Å². The van der Waals surface area contributed by atoms with E-state index in [1.165, 1.54) is 12.1 Å². The quantitative estimate of drug-likeness (QED) is 0.685. The fourth-order valence-corrected chi connectivity index (χ4v) is 4.61. The maximum Gasteiger partial charge on any atom is 0.255 e. The first-order valence-electron chi connectivity index (χ1n) is 10.0. The molecule has 7 heteroatoms. The van der Waals surface area contributed by atoms with Gasteiger partial charge in [0.2, 0.25) is 10.0 Å². The number of rotatable bonds is 8. The topological polar surface area (TPSA) is 78.5 Å². The van der Waals surface area contributed by atoms with Crippen molar-refractivity contribution in [2.75, 3.05) is 16.8 Å². The van der Waals surface area contributed by atoms with Crippen molar-refractivity contribution in [3.05, 3.63) is 53.6 Å². The van der Waals surface area contributed by atoms with Crippen LogP contribution in [0.25, 0.3) is 0 Å². The summed E-state index contributed by atoms with van der Waals surface area (Å²) < 4.78 is 27.6. The molecule has 0 aliphatic heterocycles. The average Bonchev–Trinajstić information content (AvgIpc) is 3.46. The van der Waals surface area contributed by atoms with E-state index in [0.29, 0.717) is 17.3 Å². The number of carbonyl (C=O) groups is 1. The smallest absolute Gasteiger partial charge is 0.255 e. The van der Waals surface area contributed by atoms with Crippen LogP contribution in [0, 0.1) is 6.92 Å². The molecule has 0 spiro atoms. The van der Waals surface area contributed by atoms with Gasteiger partial charge in [0.1, 0.15) is 0 Å². The van der Waals surface area contributed by atoms with Crippen LogP contribution in [0.5, 0.6) is 0 Å². The first kappa shape index (κ1) is 21.3. The third kappa shape index (κ3) is 5.16. The zero-order valence-electron chi connectivity index (χ0n) is 17.4. The second-order valence-electron chi connectivity index (χ2n) is 7.75. The van der Waals surface area contributed by atoms with Gasteiger partial charge in [-0.25, -0.2) is 13.1 Å². The van der Waals surface area contributed by atoms with Crippen LogP contribution in [0.4, 0.5) is 11.4 Å². The monoisotopic (exact) mass is 415 g/mol. The van der Waals surface area contributed by atoms with Crippen molar-refractivity contribution in [3.8, 4) is 0 Å². The SMILES string of the molecule is CCN(c1ccc(NC(=O)c2cc(S(=O)(=O)NC3CC3)ccc2C)cc1)C(C)C. The summed E-state index contributed by atoms with van der Waals surface area (Å²) in [6, 6.07) is 12.7. The van der Waals surface area contributed by atoms with Crippen molar-refractivity contribution in [2.45, 2.75) is 57.5 Å². The highest BCUT2D eigenvalue weighted by molar-refractivity contribution is 7.89. The summed E-state index contributed by atoms with van der Waals surface area (Å²) in [4.78, 5) is 15.2. The number of amides is 1. The number of anilines is 2. The number of hydrogen-bond donors (Lipinski definition) is 2. The Labute approximate surface area is 173 Å². The van der Waals surface area contributed by atoms with Crippen molar-refractivity contribution in [3.63, 3.8) is 0 Å². The van der Waals surface area contributed by atoms with Crippen LogP contribution < -0.4 is 14.9 Å². The molecule has 2 aromatic rings. The van der Waals surface area contributed by atoms with E-state index in [9.17, 15) is 13.2 Å². The van der Waals surface area contributed by atoms with Crippen molar-refractivity contribution < 1.29 is 13.2 Å². The van der Waals surface area contributed by atoms with Crippen LogP contribution in [0.1, 0.15) is 49.5 Å². The summed E-state index contributed by atoms with van der Waals surface area (Å²) in [5, 5.41) is 2.87. The number of hydrogen-bond acceptors (Lipinski definition) is 4. The molecular formula is C22H29N3O3S. The summed E-state index contributed by atoms with van der Waals surface area (Å²) in [5.41, 5.74) is 2.84. The zero-order chi connectivity index (χ0) is 21.2. The number of nitrogens with one attached hydrogen (secondary N) is 2. The third-order valence-electron chi connectivity index (χ3n) is 5.08. The Bertz CT molecular complexity index is 981. The molecule has 2 aromatic carbocycles. The molecule has 1 fully saturated rings. The van der Waals surface area contributed by atoms with Crippen molar-refractivity contribution in [1.29, 1.82) is 0 Å². The van der Waals surface area contributed by atoms with Crippen LogP contribution in [-0.2, 0) is 10.0 Å². The van der Waals surface area contributed by atoms with Gasteiger partial charge in [0.15, 0.2) is 0 Å². The highest BCUT2D eigenvalue weighted by atomic mass is 32.2. The molecular weight excluding hydrogens is 386 g/mol. The molecule has 29 heavy (non-hydrogen) atoms. The van der Waals surface area contributed by atoms with Gasteiger partial charge in [-0.05, 0) is 82.5 Å². The lowest BCUT2D eigenvalue weighted by atomic mass is 10.1. The Morgan fingerprint density at radius 1 is 1.14 bits per heavy atom. The van der Waals surface area contributed by atoms with Gasteiger partial charge in [0.05, 0.1) is 4.90 Å². The minimum atomic E-state index is -3.60. The van der Waals surface area contributed by atoms with Crippen molar-refractivity contribution >= 4 is 27.3 Å². The minimum Gasteiger partial charge on any atom is -0.369 e. The predicted molar refractivity (Wildman–Crippen MR) is 117 cm³/mol. The number of sulfonamides is 1. The maximum atomic E-state index is 12.8. The van der Waals surface area contributed by atoms with Crippen LogP contribution in [0.2, 0.25) is 0 Å². The summed E-state index contributed by atoms with van der Waals surface area (Å²) >= 11 is 0. The van der Waals surface area contributed by atoms with Gasteiger partial charge in [-0.2, -0.15) is 0 Å². The lowest BCUT2D eigenvalue weighted by Gasteiger charge is -2.27. The summed E-state index contributed by atoms with van der Waals surface area (Å²) in [6.45, 7) is 9.09. The van der Waals surface area contributed by atoms with Gasteiger partial charge in [-0.1, -0.05) is 6.07 Å². The Morgan fingerprint density at radius 3 is 2.34 bits per heavy atom. The van der Waals surface area contributed by atoms with Gasteiger partial charge in [-0.15, -0.1) is 0 Å². The molecule has 156 valence electrons. The largest absolute Gasteiger partial charge is 0.369 e. The Kier molecular flexibility index (Phi) is 6.29. The van der Waals surface area contributed by atoms with Crippen molar-refractivity contribution in [2.24, 2.45) is 0 Å². The van der Waals surface area contributed by atoms with Gasteiger partial charge >= 0.3 is 0 Å². The van der Waals surface area contributed by atoms with E-state index >= 15 is 0 Å². The van der Waals surface area contributed by atoms with Crippen molar-refractivity contribution in [1.82, 2.24) is 4.72 Å². The molecule has 0 radical (unpaired) electrons. The zero-order valence-corrected chi connectivity index (χ0v) is 18.2.